The molecule has 0 fully saturated rings. The van der Waals surface area contributed by atoms with Crippen LogP contribution in [-0.4, -0.2) is 21.5 Å². The number of ether oxygens (including phenoxy) is 1. The van der Waals surface area contributed by atoms with Crippen LogP contribution in [-0.2, 0) is 27.6 Å². The van der Waals surface area contributed by atoms with Gasteiger partial charge in [-0.1, -0.05) is 32.0 Å². The van der Waals surface area contributed by atoms with Crippen LogP contribution in [0.4, 0.5) is 10.1 Å². The number of hydrogen-bond acceptors (Lipinski definition) is 4. The minimum atomic E-state index is -4.20. The summed E-state index contributed by atoms with van der Waals surface area (Å²) in [6.45, 7) is 4.21. The van der Waals surface area contributed by atoms with E-state index in [1.165, 1.54) is 25.3 Å². The van der Waals surface area contributed by atoms with Crippen molar-refractivity contribution < 1.29 is 22.3 Å². The molecule has 2 aromatic rings. The van der Waals surface area contributed by atoms with E-state index >= 15 is 0 Å². The lowest BCUT2D eigenvalue weighted by Gasteiger charge is -2.33. The summed E-state index contributed by atoms with van der Waals surface area (Å²) in [4.78, 5) is 12.0. The minimum absolute atomic E-state index is 0.0151. The van der Waals surface area contributed by atoms with Crippen molar-refractivity contribution in [3.8, 4) is 0 Å². The van der Waals surface area contributed by atoms with Crippen molar-refractivity contribution in [2.24, 2.45) is 5.41 Å². The number of hydrogen-bond donors (Lipinski definition) is 1. The first-order chi connectivity index (χ1) is 12.6. The van der Waals surface area contributed by atoms with Crippen LogP contribution in [0.1, 0.15) is 41.8 Å². The Morgan fingerprint density at radius 1 is 1.19 bits per heavy atom. The second-order valence-corrected chi connectivity index (χ2v) is 9.15. The van der Waals surface area contributed by atoms with Crippen molar-refractivity contribution in [3.63, 3.8) is 0 Å². The highest BCUT2D eigenvalue weighted by Gasteiger charge is 2.32. The molecule has 0 aromatic heterocycles. The van der Waals surface area contributed by atoms with Crippen LogP contribution >= 0.6 is 0 Å². The molecule has 0 unspecified atom stereocenters. The van der Waals surface area contributed by atoms with Gasteiger partial charge >= 0.3 is 5.97 Å². The standard InChI is InChI=1S/C20H22FNO4S/c1-20(2)11-10-13-8-9-16(18(14(13)12-20)19(23)26-3)22-27(24,25)17-7-5-4-6-15(17)21/h4-9,22H,10-12H2,1-3H3. The van der Waals surface area contributed by atoms with Crippen molar-refractivity contribution in [2.75, 3.05) is 11.8 Å². The summed E-state index contributed by atoms with van der Waals surface area (Å²) in [5, 5.41) is 0. The highest BCUT2D eigenvalue weighted by Crippen LogP contribution is 2.39. The molecule has 3 rings (SSSR count). The molecule has 0 spiro atoms. The summed E-state index contributed by atoms with van der Waals surface area (Å²) in [7, 11) is -2.94. The molecule has 0 aliphatic heterocycles. The molecule has 1 N–H and O–H groups in total. The molecule has 0 saturated carbocycles. The van der Waals surface area contributed by atoms with E-state index in [0.717, 1.165) is 30.0 Å². The molecule has 144 valence electrons. The van der Waals surface area contributed by atoms with Crippen molar-refractivity contribution in [2.45, 2.75) is 38.0 Å². The van der Waals surface area contributed by atoms with Crippen LogP contribution in [0.2, 0.25) is 0 Å². The van der Waals surface area contributed by atoms with Gasteiger partial charge in [-0.3, -0.25) is 4.72 Å². The highest BCUT2D eigenvalue weighted by atomic mass is 32.2. The topological polar surface area (TPSA) is 72.5 Å². The van der Waals surface area contributed by atoms with Gasteiger partial charge in [0.15, 0.2) is 0 Å². The Morgan fingerprint density at radius 2 is 1.89 bits per heavy atom. The van der Waals surface area contributed by atoms with Gasteiger partial charge in [-0.25, -0.2) is 17.6 Å². The van der Waals surface area contributed by atoms with Crippen molar-refractivity contribution in [1.29, 1.82) is 0 Å². The van der Waals surface area contributed by atoms with E-state index in [4.69, 9.17) is 4.74 Å². The number of sulfonamides is 1. The summed E-state index contributed by atoms with van der Waals surface area (Å²) in [6, 6.07) is 8.46. The summed E-state index contributed by atoms with van der Waals surface area (Å²) in [6.07, 6.45) is 2.40. The van der Waals surface area contributed by atoms with E-state index < -0.39 is 26.7 Å². The number of fused-ring (bicyclic) bond motifs is 1. The van der Waals surface area contributed by atoms with Crippen LogP contribution in [0.25, 0.3) is 0 Å². The minimum Gasteiger partial charge on any atom is -0.465 e. The Balaban J connectivity index is 2.11. The van der Waals surface area contributed by atoms with Crippen molar-refractivity contribution in [1.82, 2.24) is 0 Å². The normalized spacial score (nSPS) is 15.7. The van der Waals surface area contributed by atoms with Crippen molar-refractivity contribution in [3.05, 3.63) is 58.9 Å². The average Bonchev–Trinajstić information content (AvgIpc) is 2.60. The van der Waals surface area contributed by atoms with E-state index in [0.29, 0.717) is 6.42 Å². The van der Waals surface area contributed by atoms with Crippen molar-refractivity contribution >= 4 is 21.7 Å². The number of benzene rings is 2. The molecule has 27 heavy (non-hydrogen) atoms. The number of carbonyl (C=O) groups is 1. The molecular formula is C20H22FNO4S. The number of anilines is 1. The zero-order valence-electron chi connectivity index (χ0n) is 15.5. The molecular weight excluding hydrogens is 369 g/mol. The Bertz CT molecular complexity index is 999. The quantitative estimate of drug-likeness (QED) is 0.802. The molecule has 0 heterocycles. The smallest absolute Gasteiger partial charge is 0.340 e. The van der Waals surface area contributed by atoms with Gasteiger partial charge in [0.25, 0.3) is 10.0 Å². The SMILES string of the molecule is COC(=O)c1c(NS(=O)(=O)c2ccccc2F)ccc2c1CC(C)(C)CC2. The summed E-state index contributed by atoms with van der Waals surface area (Å²) < 4.78 is 46.6. The maximum atomic E-state index is 14.0. The van der Waals surface area contributed by atoms with Crippen LogP contribution < -0.4 is 4.72 Å². The Kier molecular flexibility index (Phi) is 4.99. The first-order valence-electron chi connectivity index (χ1n) is 8.65. The number of carbonyl (C=O) groups excluding carboxylic acids is 1. The summed E-state index contributed by atoms with van der Waals surface area (Å²) in [5.74, 6) is -1.47. The van der Waals surface area contributed by atoms with Gasteiger partial charge in [0.05, 0.1) is 18.4 Å². The summed E-state index contributed by atoms with van der Waals surface area (Å²) in [5.41, 5.74) is 2.07. The van der Waals surface area contributed by atoms with Gasteiger partial charge in [0.1, 0.15) is 10.7 Å². The number of nitrogens with one attached hydrogen (secondary N) is 1. The molecule has 0 amide bonds. The Morgan fingerprint density at radius 3 is 2.56 bits per heavy atom. The lowest BCUT2D eigenvalue weighted by Crippen LogP contribution is -2.26. The Labute approximate surface area is 158 Å². The lowest BCUT2D eigenvalue weighted by atomic mass is 9.73. The second-order valence-electron chi connectivity index (χ2n) is 7.49. The lowest BCUT2D eigenvalue weighted by molar-refractivity contribution is 0.0599. The predicted molar refractivity (Wildman–Crippen MR) is 101 cm³/mol. The van der Waals surface area contributed by atoms with Gasteiger partial charge in [-0.05, 0) is 54.0 Å². The van der Waals surface area contributed by atoms with Crippen LogP contribution in [0.3, 0.4) is 0 Å². The predicted octanol–water partition coefficient (Wildman–Crippen LogP) is 3.93. The summed E-state index contributed by atoms with van der Waals surface area (Å²) >= 11 is 0. The number of esters is 1. The van der Waals surface area contributed by atoms with Gasteiger partial charge in [0, 0.05) is 0 Å². The highest BCUT2D eigenvalue weighted by molar-refractivity contribution is 7.92. The van der Waals surface area contributed by atoms with Gasteiger partial charge < -0.3 is 4.74 Å². The third-order valence-electron chi connectivity index (χ3n) is 4.90. The zero-order valence-corrected chi connectivity index (χ0v) is 16.3. The maximum Gasteiger partial charge on any atom is 0.340 e. The number of aryl methyl sites for hydroxylation is 1. The fraction of sp³-hybridized carbons (Fsp3) is 0.350. The van der Waals surface area contributed by atoms with Crippen LogP contribution in [0.5, 0.6) is 0 Å². The fourth-order valence-electron chi connectivity index (χ4n) is 3.45. The largest absolute Gasteiger partial charge is 0.465 e. The second kappa shape index (κ2) is 6.96. The molecule has 0 radical (unpaired) electrons. The third-order valence-corrected chi connectivity index (χ3v) is 6.30. The zero-order chi connectivity index (χ0) is 19.8. The maximum absolute atomic E-state index is 14.0. The van der Waals surface area contributed by atoms with Gasteiger partial charge in [-0.15, -0.1) is 0 Å². The fourth-order valence-corrected chi connectivity index (χ4v) is 4.60. The molecule has 0 saturated heterocycles. The first kappa shape index (κ1) is 19.4. The Hall–Kier alpha value is -2.41. The molecule has 2 aromatic carbocycles. The molecule has 7 heteroatoms. The first-order valence-corrected chi connectivity index (χ1v) is 10.1. The number of rotatable bonds is 4. The van der Waals surface area contributed by atoms with Gasteiger partial charge in [0.2, 0.25) is 0 Å². The third kappa shape index (κ3) is 3.83. The molecule has 1 aliphatic rings. The average molecular weight is 391 g/mol. The number of methoxy groups -OCH3 is 1. The van der Waals surface area contributed by atoms with E-state index in [2.05, 4.69) is 18.6 Å². The molecule has 5 nitrogen and oxygen atoms in total. The molecule has 0 bridgehead atoms. The van der Waals surface area contributed by atoms with E-state index in [-0.39, 0.29) is 16.7 Å². The number of halogens is 1. The van der Waals surface area contributed by atoms with Crippen LogP contribution in [0, 0.1) is 11.2 Å². The molecule has 1 aliphatic carbocycles. The van der Waals surface area contributed by atoms with E-state index in [1.807, 2.05) is 6.07 Å². The van der Waals surface area contributed by atoms with E-state index in [1.54, 1.807) is 6.07 Å². The van der Waals surface area contributed by atoms with E-state index in [9.17, 15) is 17.6 Å². The van der Waals surface area contributed by atoms with Gasteiger partial charge in [-0.2, -0.15) is 0 Å². The molecule has 0 atom stereocenters. The monoisotopic (exact) mass is 391 g/mol. The van der Waals surface area contributed by atoms with Crippen LogP contribution in [0.15, 0.2) is 41.3 Å².